The number of nitrogens with two attached hydrogens (primary N) is 1. The zero-order chi connectivity index (χ0) is 14.4. The van der Waals surface area contributed by atoms with Gasteiger partial charge in [-0.15, -0.1) is 11.8 Å². The molecule has 0 atom stereocenters. The lowest BCUT2D eigenvalue weighted by molar-refractivity contribution is -0.116. The fourth-order valence-electron chi connectivity index (χ4n) is 1.74. The molecule has 20 heavy (non-hydrogen) atoms. The lowest BCUT2D eigenvalue weighted by atomic mass is 10.2. The number of hydrogen-bond acceptors (Lipinski definition) is 4. The number of anilines is 2. The SMILES string of the molecule is Cn1cc(SCCCC(=O)Nc2cccc(N)c2)cn1. The average molecular weight is 290 g/mol. The molecule has 1 aromatic carbocycles. The van der Waals surface area contributed by atoms with Crippen LogP contribution < -0.4 is 11.1 Å². The first kappa shape index (κ1) is 14.5. The number of aryl methyl sites for hydroxylation is 1. The predicted octanol–water partition coefficient (Wildman–Crippen LogP) is 2.51. The van der Waals surface area contributed by atoms with Gasteiger partial charge >= 0.3 is 0 Å². The van der Waals surface area contributed by atoms with Crippen LogP contribution in [-0.2, 0) is 11.8 Å². The Hall–Kier alpha value is -1.95. The van der Waals surface area contributed by atoms with Crippen LogP contribution in [0.4, 0.5) is 11.4 Å². The van der Waals surface area contributed by atoms with E-state index >= 15 is 0 Å². The van der Waals surface area contributed by atoms with E-state index in [4.69, 9.17) is 5.73 Å². The summed E-state index contributed by atoms with van der Waals surface area (Å²) in [4.78, 5) is 12.9. The van der Waals surface area contributed by atoms with Crippen molar-refractivity contribution in [2.45, 2.75) is 17.7 Å². The van der Waals surface area contributed by atoms with E-state index in [9.17, 15) is 4.79 Å². The average Bonchev–Trinajstić information content (AvgIpc) is 2.80. The van der Waals surface area contributed by atoms with Crippen LogP contribution in [0.5, 0.6) is 0 Å². The molecule has 106 valence electrons. The number of nitrogen functional groups attached to an aromatic ring is 1. The van der Waals surface area contributed by atoms with E-state index in [1.165, 1.54) is 0 Å². The normalized spacial score (nSPS) is 10.4. The second-order valence-corrected chi connectivity index (χ2v) is 5.64. The molecule has 6 heteroatoms. The molecule has 1 heterocycles. The Balaban J connectivity index is 1.67. The molecule has 0 bridgehead atoms. The van der Waals surface area contributed by atoms with Crippen molar-refractivity contribution in [3.63, 3.8) is 0 Å². The van der Waals surface area contributed by atoms with Crippen LogP contribution in [0, 0.1) is 0 Å². The minimum atomic E-state index is 0.0161. The largest absolute Gasteiger partial charge is 0.399 e. The van der Waals surface area contributed by atoms with Crippen molar-refractivity contribution in [3.8, 4) is 0 Å². The van der Waals surface area contributed by atoms with Crippen molar-refractivity contribution in [3.05, 3.63) is 36.7 Å². The minimum Gasteiger partial charge on any atom is -0.399 e. The summed E-state index contributed by atoms with van der Waals surface area (Å²) in [6.45, 7) is 0. The van der Waals surface area contributed by atoms with Crippen LogP contribution in [0.25, 0.3) is 0 Å². The molecule has 0 aliphatic rings. The molecule has 0 radical (unpaired) electrons. The Kier molecular flexibility index (Phi) is 5.06. The molecular formula is C14H18N4OS. The van der Waals surface area contributed by atoms with E-state index in [2.05, 4.69) is 10.4 Å². The maximum Gasteiger partial charge on any atom is 0.224 e. The van der Waals surface area contributed by atoms with Crippen molar-refractivity contribution in [1.82, 2.24) is 9.78 Å². The maximum atomic E-state index is 11.8. The van der Waals surface area contributed by atoms with Gasteiger partial charge in [0.2, 0.25) is 5.91 Å². The number of carbonyl (C=O) groups excluding carboxylic acids is 1. The molecular weight excluding hydrogens is 272 g/mol. The van der Waals surface area contributed by atoms with Crippen LogP contribution in [0.1, 0.15) is 12.8 Å². The Morgan fingerprint density at radius 2 is 2.35 bits per heavy atom. The molecule has 0 unspecified atom stereocenters. The summed E-state index contributed by atoms with van der Waals surface area (Å²) >= 11 is 1.71. The summed E-state index contributed by atoms with van der Waals surface area (Å²) in [5.41, 5.74) is 7.05. The zero-order valence-corrected chi connectivity index (χ0v) is 12.2. The fourth-order valence-corrected chi connectivity index (χ4v) is 2.61. The highest BCUT2D eigenvalue weighted by atomic mass is 32.2. The molecule has 0 aliphatic heterocycles. The van der Waals surface area contributed by atoms with E-state index in [0.29, 0.717) is 12.1 Å². The third-order valence-electron chi connectivity index (χ3n) is 2.67. The van der Waals surface area contributed by atoms with Gasteiger partial charge < -0.3 is 11.1 Å². The third-order valence-corrected chi connectivity index (χ3v) is 3.71. The van der Waals surface area contributed by atoms with Gasteiger partial charge in [0.15, 0.2) is 0 Å². The van der Waals surface area contributed by atoms with Crippen LogP contribution in [0.15, 0.2) is 41.6 Å². The summed E-state index contributed by atoms with van der Waals surface area (Å²) < 4.78 is 1.77. The zero-order valence-electron chi connectivity index (χ0n) is 11.4. The first-order valence-electron chi connectivity index (χ1n) is 6.40. The lowest BCUT2D eigenvalue weighted by Gasteiger charge is -2.05. The fraction of sp³-hybridized carbons (Fsp3) is 0.286. The van der Waals surface area contributed by atoms with Gasteiger partial charge in [-0.3, -0.25) is 9.48 Å². The first-order valence-corrected chi connectivity index (χ1v) is 7.39. The summed E-state index contributed by atoms with van der Waals surface area (Å²) in [6, 6.07) is 7.20. The smallest absolute Gasteiger partial charge is 0.224 e. The highest BCUT2D eigenvalue weighted by Crippen LogP contribution is 2.18. The number of hydrogen-bond donors (Lipinski definition) is 2. The van der Waals surface area contributed by atoms with Crippen LogP contribution in [0.2, 0.25) is 0 Å². The van der Waals surface area contributed by atoms with Crippen LogP contribution >= 0.6 is 11.8 Å². The van der Waals surface area contributed by atoms with Gasteiger partial charge in [-0.1, -0.05) is 6.07 Å². The molecule has 2 aromatic rings. The second-order valence-electron chi connectivity index (χ2n) is 4.48. The monoisotopic (exact) mass is 290 g/mol. The van der Waals surface area contributed by atoms with Gasteiger partial charge in [-0.25, -0.2) is 0 Å². The summed E-state index contributed by atoms with van der Waals surface area (Å²) in [6.07, 6.45) is 5.13. The van der Waals surface area contributed by atoms with Crippen molar-refractivity contribution >= 4 is 29.0 Å². The van der Waals surface area contributed by atoms with Gasteiger partial charge in [0.1, 0.15) is 0 Å². The topological polar surface area (TPSA) is 72.9 Å². The van der Waals surface area contributed by atoms with E-state index in [1.54, 1.807) is 28.6 Å². The van der Waals surface area contributed by atoms with Crippen molar-refractivity contribution in [1.29, 1.82) is 0 Å². The Morgan fingerprint density at radius 1 is 1.50 bits per heavy atom. The summed E-state index contributed by atoms with van der Waals surface area (Å²) in [5.74, 6) is 0.915. The molecule has 0 saturated heterocycles. The van der Waals surface area contributed by atoms with Gasteiger partial charge in [-0.05, 0) is 30.4 Å². The molecule has 5 nitrogen and oxygen atoms in total. The number of carbonyl (C=O) groups is 1. The number of aromatic nitrogens is 2. The third kappa shape index (κ3) is 4.62. The standard InChI is InChI=1S/C14H18N4OS/c1-18-10-13(9-16-18)20-7-3-6-14(19)17-12-5-2-4-11(15)8-12/h2,4-5,8-10H,3,6-7,15H2,1H3,(H,17,19). The number of benzene rings is 1. The number of thioether (sulfide) groups is 1. The van der Waals surface area contributed by atoms with E-state index in [-0.39, 0.29) is 5.91 Å². The Labute approximate surface area is 122 Å². The van der Waals surface area contributed by atoms with E-state index < -0.39 is 0 Å². The summed E-state index contributed by atoms with van der Waals surface area (Å²) in [7, 11) is 1.89. The molecule has 2 rings (SSSR count). The molecule has 0 spiro atoms. The molecule has 0 aliphatic carbocycles. The van der Waals surface area contributed by atoms with Crippen molar-refractivity contribution in [2.24, 2.45) is 7.05 Å². The van der Waals surface area contributed by atoms with Gasteiger partial charge in [0.05, 0.1) is 6.20 Å². The molecule has 0 saturated carbocycles. The summed E-state index contributed by atoms with van der Waals surface area (Å²) in [5, 5.41) is 6.94. The van der Waals surface area contributed by atoms with E-state index in [1.807, 2.05) is 31.6 Å². The number of nitrogens with one attached hydrogen (secondary N) is 1. The predicted molar refractivity (Wildman–Crippen MR) is 82.7 cm³/mol. The Bertz CT molecular complexity index is 582. The van der Waals surface area contributed by atoms with Crippen molar-refractivity contribution in [2.75, 3.05) is 16.8 Å². The highest BCUT2D eigenvalue weighted by Gasteiger charge is 2.03. The van der Waals surface area contributed by atoms with Crippen LogP contribution in [-0.4, -0.2) is 21.4 Å². The van der Waals surface area contributed by atoms with E-state index in [0.717, 1.165) is 22.8 Å². The van der Waals surface area contributed by atoms with Crippen molar-refractivity contribution < 1.29 is 4.79 Å². The van der Waals surface area contributed by atoms with Gasteiger partial charge in [-0.2, -0.15) is 5.10 Å². The molecule has 3 N–H and O–H groups in total. The Morgan fingerprint density at radius 3 is 3.05 bits per heavy atom. The van der Waals surface area contributed by atoms with Crippen LogP contribution in [0.3, 0.4) is 0 Å². The molecule has 1 aromatic heterocycles. The van der Waals surface area contributed by atoms with Gasteiger partial charge in [0, 0.05) is 35.9 Å². The second kappa shape index (κ2) is 7.00. The molecule has 1 amide bonds. The number of nitrogens with zero attached hydrogens (tertiary/aromatic N) is 2. The maximum absolute atomic E-state index is 11.8. The molecule has 0 fully saturated rings. The number of amides is 1. The first-order chi connectivity index (χ1) is 9.63. The number of rotatable bonds is 6. The highest BCUT2D eigenvalue weighted by molar-refractivity contribution is 7.99. The quantitative estimate of drug-likeness (QED) is 0.487. The minimum absolute atomic E-state index is 0.0161. The van der Waals surface area contributed by atoms with Gasteiger partial charge in [0.25, 0.3) is 0 Å². The lowest BCUT2D eigenvalue weighted by Crippen LogP contribution is -2.11.